The van der Waals surface area contributed by atoms with E-state index >= 15 is 0 Å². The van der Waals surface area contributed by atoms with Gasteiger partial charge in [-0.25, -0.2) is 0 Å². The number of amides is 2. The number of ketones is 1. The number of carbonyl (C=O) groups excluding carboxylic acids is 3. The number of carbonyl (C=O) groups is 4. The monoisotopic (exact) mass is 632 g/mol. The minimum atomic E-state index is -1.20. The molecule has 11 nitrogen and oxygen atoms in total. The molecule has 1 aliphatic rings. The number of Topliss-reactive ketones (excluding diaryl/α,β-unsaturated/α-hetero) is 1. The molecule has 0 atom stereocenters. The van der Waals surface area contributed by atoms with Crippen molar-refractivity contribution in [3.63, 3.8) is 0 Å². The van der Waals surface area contributed by atoms with Crippen LogP contribution in [0.15, 0.2) is 24.3 Å². The van der Waals surface area contributed by atoms with Crippen LogP contribution in [0.25, 0.3) is 0 Å². The van der Waals surface area contributed by atoms with Crippen LogP contribution in [0.4, 0.5) is 0 Å². The Morgan fingerprint density at radius 3 is 2.22 bits per heavy atom. The van der Waals surface area contributed by atoms with E-state index in [-0.39, 0.29) is 65.3 Å². The highest BCUT2D eigenvalue weighted by atomic mass is 79.9. The topological polar surface area (TPSA) is 158 Å². The smallest absolute Gasteiger partial charge is 0.322 e. The predicted molar refractivity (Wildman–Crippen MR) is 159 cm³/mol. The molecule has 0 aromatic heterocycles. The van der Waals surface area contributed by atoms with Crippen LogP contribution in [0, 0.1) is 5.41 Å². The number of aliphatic carboxylic acids is 1. The number of ether oxygens (including phenoxy) is 2. The number of amidine groups is 1. The third kappa shape index (κ3) is 7.43. The van der Waals surface area contributed by atoms with Crippen LogP contribution in [-0.2, 0) is 16.8 Å². The minimum Gasteiger partial charge on any atom is -0.493 e. The van der Waals surface area contributed by atoms with Gasteiger partial charge in [-0.2, -0.15) is 0 Å². The van der Waals surface area contributed by atoms with Crippen LogP contribution >= 0.6 is 17.0 Å². The van der Waals surface area contributed by atoms with Crippen molar-refractivity contribution < 1.29 is 33.8 Å². The van der Waals surface area contributed by atoms with E-state index in [1.807, 2.05) is 27.7 Å². The molecule has 0 saturated carbocycles. The van der Waals surface area contributed by atoms with E-state index in [0.29, 0.717) is 34.8 Å². The largest absolute Gasteiger partial charge is 0.493 e. The number of carboxylic acid groups (broad SMARTS) is 1. The van der Waals surface area contributed by atoms with Crippen molar-refractivity contribution in [1.82, 2.24) is 15.5 Å². The molecule has 2 aromatic rings. The molecule has 41 heavy (non-hydrogen) atoms. The summed E-state index contributed by atoms with van der Waals surface area (Å²) in [6, 6.07) is 6.42. The third-order valence-electron chi connectivity index (χ3n) is 6.40. The molecular weight excluding hydrogens is 596 g/mol. The number of rotatable bonds is 11. The minimum absolute atomic E-state index is 0. The fourth-order valence-corrected chi connectivity index (χ4v) is 4.48. The van der Waals surface area contributed by atoms with Gasteiger partial charge in [0, 0.05) is 30.3 Å². The zero-order valence-electron chi connectivity index (χ0n) is 24.1. The Morgan fingerprint density at radius 2 is 1.66 bits per heavy atom. The number of carboxylic acids is 1. The summed E-state index contributed by atoms with van der Waals surface area (Å²) in [6.07, 6.45) is 0. The van der Waals surface area contributed by atoms with E-state index in [0.717, 1.165) is 5.56 Å². The van der Waals surface area contributed by atoms with Gasteiger partial charge in [-0.05, 0) is 49.1 Å². The molecule has 222 valence electrons. The van der Waals surface area contributed by atoms with Gasteiger partial charge in [-0.3, -0.25) is 24.6 Å². The summed E-state index contributed by atoms with van der Waals surface area (Å²) in [5, 5.41) is 22.7. The maximum atomic E-state index is 13.6. The van der Waals surface area contributed by atoms with Gasteiger partial charge in [-0.15, -0.1) is 17.0 Å². The molecule has 12 heteroatoms. The van der Waals surface area contributed by atoms with Crippen LogP contribution in [0.2, 0.25) is 0 Å². The van der Waals surface area contributed by atoms with E-state index in [4.69, 9.17) is 20.0 Å². The van der Waals surface area contributed by atoms with Gasteiger partial charge in [0.1, 0.15) is 23.9 Å². The summed E-state index contributed by atoms with van der Waals surface area (Å²) in [4.78, 5) is 51.6. The van der Waals surface area contributed by atoms with Gasteiger partial charge >= 0.3 is 5.97 Å². The van der Waals surface area contributed by atoms with E-state index in [1.54, 1.807) is 30.0 Å². The number of hydrogen-bond donors (Lipinski definition) is 4. The first-order valence-electron chi connectivity index (χ1n) is 13.0. The molecule has 0 fully saturated rings. The van der Waals surface area contributed by atoms with Gasteiger partial charge in [-0.1, -0.05) is 20.8 Å². The Labute approximate surface area is 249 Å². The van der Waals surface area contributed by atoms with Gasteiger partial charge in [0.25, 0.3) is 11.8 Å². The fourth-order valence-electron chi connectivity index (χ4n) is 4.48. The molecular formula is C29H37BrN4O7. The van der Waals surface area contributed by atoms with E-state index < -0.39 is 23.8 Å². The number of hydrogen-bond acceptors (Lipinski definition) is 7. The molecule has 0 bridgehead atoms. The predicted octanol–water partition coefficient (Wildman–Crippen LogP) is 3.56. The lowest BCUT2D eigenvalue weighted by atomic mass is 9.83. The van der Waals surface area contributed by atoms with Crippen LogP contribution in [0.1, 0.15) is 82.4 Å². The van der Waals surface area contributed by atoms with Gasteiger partial charge in [0.2, 0.25) is 0 Å². The van der Waals surface area contributed by atoms with E-state index in [2.05, 4.69) is 10.6 Å². The van der Waals surface area contributed by atoms with Crippen molar-refractivity contribution in [2.24, 2.45) is 0 Å². The van der Waals surface area contributed by atoms with Crippen LogP contribution in [0.3, 0.4) is 0 Å². The van der Waals surface area contributed by atoms with Crippen molar-refractivity contribution in [3.8, 4) is 11.5 Å². The average Bonchev–Trinajstić information content (AvgIpc) is 3.19. The van der Waals surface area contributed by atoms with Crippen molar-refractivity contribution >= 4 is 46.4 Å². The first-order chi connectivity index (χ1) is 18.8. The highest BCUT2D eigenvalue weighted by molar-refractivity contribution is 8.93. The molecule has 0 saturated heterocycles. The normalized spacial score (nSPS) is 12.2. The molecule has 0 radical (unpaired) electrons. The highest BCUT2D eigenvalue weighted by Gasteiger charge is 2.31. The van der Waals surface area contributed by atoms with Crippen molar-refractivity contribution in [3.05, 3.63) is 57.6 Å². The molecule has 2 amide bonds. The molecule has 2 aromatic carbocycles. The average molecular weight is 634 g/mol. The second-order valence-corrected chi connectivity index (χ2v) is 10.3. The fraction of sp³-hybridized carbons (Fsp3) is 0.414. The lowest BCUT2D eigenvalue weighted by Gasteiger charge is -2.26. The maximum absolute atomic E-state index is 13.6. The molecule has 1 heterocycles. The number of halogens is 1. The zero-order valence-corrected chi connectivity index (χ0v) is 25.8. The number of benzene rings is 2. The van der Waals surface area contributed by atoms with E-state index in [9.17, 15) is 19.2 Å². The Morgan fingerprint density at radius 1 is 1.00 bits per heavy atom. The second-order valence-electron chi connectivity index (χ2n) is 10.3. The Balaban J connectivity index is 0.00000588. The molecule has 0 unspecified atom stereocenters. The summed E-state index contributed by atoms with van der Waals surface area (Å²) in [5.41, 5.74) is 2.01. The summed E-state index contributed by atoms with van der Waals surface area (Å²) in [5.74, 6) is -1.76. The molecule has 0 spiro atoms. The van der Waals surface area contributed by atoms with Crippen molar-refractivity contribution in [1.29, 1.82) is 5.41 Å². The number of fused-ring (bicyclic) bond motifs is 1. The maximum Gasteiger partial charge on any atom is 0.322 e. The van der Waals surface area contributed by atoms with Crippen LogP contribution < -0.4 is 20.1 Å². The lowest BCUT2D eigenvalue weighted by Crippen LogP contribution is -2.32. The van der Waals surface area contributed by atoms with Crippen LogP contribution in [-0.4, -0.2) is 72.8 Å². The summed E-state index contributed by atoms with van der Waals surface area (Å²) in [7, 11) is 1.51. The molecule has 0 aliphatic carbocycles. The molecule has 1 aliphatic heterocycles. The second kappa shape index (κ2) is 13.6. The number of nitrogens with zero attached hydrogens (tertiary/aromatic N) is 1. The highest BCUT2D eigenvalue weighted by Crippen LogP contribution is 2.36. The Bertz CT molecular complexity index is 1370. The van der Waals surface area contributed by atoms with Gasteiger partial charge in [0.05, 0.1) is 30.9 Å². The summed E-state index contributed by atoms with van der Waals surface area (Å²) >= 11 is 0. The van der Waals surface area contributed by atoms with Crippen molar-refractivity contribution in [2.45, 2.75) is 46.6 Å². The lowest BCUT2D eigenvalue weighted by molar-refractivity contribution is -0.135. The standard InChI is InChI=1S/C29H36N4O7.BrH/c1-7-39-23-11-17-14-33(26(30)18(17)12-19(23)27(37)31-6)15-22(34)16-9-20(28(38)32-13-24(35)36)25(40-8-2)21(10-16)29(3,4)5;/h9-12,30H,7-8,13-15H2,1-6H3,(H,31,37)(H,32,38)(H,35,36);1H. The summed E-state index contributed by atoms with van der Waals surface area (Å²) < 4.78 is 11.5. The first-order valence-corrected chi connectivity index (χ1v) is 13.0. The SMILES string of the molecule is Br.CCOc1cc2c(cc1C(=O)NC)C(=N)N(CC(=O)c1cc(C(=O)NCC(=O)O)c(OCC)c(C(C)(C)C)c1)C2. The number of nitrogens with one attached hydrogen (secondary N) is 3. The van der Waals surface area contributed by atoms with E-state index in [1.165, 1.54) is 13.1 Å². The van der Waals surface area contributed by atoms with Gasteiger partial charge in [0.15, 0.2) is 5.78 Å². The summed E-state index contributed by atoms with van der Waals surface area (Å²) in [6.45, 7) is 9.50. The molecule has 4 N–H and O–H groups in total. The quantitative estimate of drug-likeness (QED) is 0.274. The Kier molecular flexibility index (Phi) is 11.1. The Hall–Kier alpha value is -3.93. The van der Waals surface area contributed by atoms with Crippen molar-refractivity contribution in [2.75, 3.05) is 33.4 Å². The molecule has 3 rings (SSSR count). The first kappa shape index (κ1) is 33.3. The third-order valence-corrected chi connectivity index (χ3v) is 6.40. The zero-order chi connectivity index (χ0) is 29.8. The van der Waals surface area contributed by atoms with Gasteiger partial charge < -0.3 is 30.1 Å². The van der Waals surface area contributed by atoms with Crippen LogP contribution in [0.5, 0.6) is 11.5 Å².